The largest absolute Gasteiger partial charge is 0.460 e. The quantitative estimate of drug-likeness (QED) is 0.108. The molecule has 0 N–H and O–H groups in total. The molecule has 0 aliphatic rings. The summed E-state index contributed by atoms with van der Waals surface area (Å²) in [5.74, 6) is 0.343. The lowest BCUT2D eigenvalue weighted by Gasteiger charge is -2.11. The lowest BCUT2D eigenvalue weighted by molar-refractivity contribution is -0.142. The Labute approximate surface area is 209 Å². The molecule has 0 saturated carbocycles. The van der Waals surface area contributed by atoms with E-state index in [0.717, 1.165) is 63.4 Å². The highest BCUT2D eigenvalue weighted by atomic mass is 16.5. The highest BCUT2D eigenvalue weighted by Gasteiger charge is 2.08. The second-order valence-corrected chi connectivity index (χ2v) is 8.71. The Kier molecular flexibility index (Phi) is 13.1. The number of esters is 2. The van der Waals surface area contributed by atoms with E-state index in [1.165, 1.54) is 18.1 Å². The second-order valence-electron chi connectivity index (χ2n) is 8.71. The Bertz CT molecular complexity index is 923. The maximum atomic E-state index is 12.0. The minimum absolute atomic E-state index is 0.0975. The number of carbonyl (C=O) groups excluding carboxylic acids is 2. The molecule has 35 heavy (non-hydrogen) atoms. The Morgan fingerprint density at radius 2 is 1.63 bits per heavy atom. The van der Waals surface area contributed by atoms with Crippen LogP contribution in [0.25, 0.3) is 11.4 Å². The zero-order valence-corrected chi connectivity index (χ0v) is 20.9. The number of hydrogen-bond donors (Lipinski definition) is 0. The summed E-state index contributed by atoms with van der Waals surface area (Å²) in [4.78, 5) is 31.9. The maximum absolute atomic E-state index is 12.0. The van der Waals surface area contributed by atoms with Gasteiger partial charge in [-0.25, -0.2) is 14.8 Å². The molecule has 0 fully saturated rings. The zero-order chi connectivity index (χ0) is 25.3. The molecular formula is C29H38N2O4. The van der Waals surface area contributed by atoms with Crippen LogP contribution in [0.15, 0.2) is 62.0 Å². The minimum atomic E-state index is -0.373. The normalized spacial score (nSPS) is 11.5. The highest BCUT2D eigenvalue weighted by Crippen LogP contribution is 2.19. The van der Waals surface area contributed by atoms with Crippen molar-refractivity contribution < 1.29 is 19.1 Å². The Hall–Kier alpha value is -3.28. The van der Waals surface area contributed by atoms with Gasteiger partial charge in [-0.3, -0.25) is 4.79 Å². The molecule has 0 radical (unpaired) electrons. The number of rotatable bonds is 17. The van der Waals surface area contributed by atoms with E-state index in [0.29, 0.717) is 18.0 Å². The van der Waals surface area contributed by atoms with Gasteiger partial charge in [-0.15, -0.1) is 6.58 Å². The van der Waals surface area contributed by atoms with Crippen molar-refractivity contribution >= 4 is 11.9 Å². The van der Waals surface area contributed by atoms with E-state index >= 15 is 0 Å². The molecular weight excluding hydrogens is 440 g/mol. The van der Waals surface area contributed by atoms with Gasteiger partial charge >= 0.3 is 11.9 Å². The molecule has 0 aliphatic heterocycles. The van der Waals surface area contributed by atoms with Crippen molar-refractivity contribution in [1.82, 2.24) is 9.97 Å². The predicted octanol–water partition coefficient (Wildman–Crippen LogP) is 6.80. The lowest BCUT2D eigenvalue weighted by atomic mass is 10.0. The van der Waals surface area contributed by atoms with Gasteiger partial charge in [-0.1, -0.05) is 56.2 Å². The predicted molar refractivity (Wildman–Crippen MR) is 139 cm³/mol. The summed E-state index contributed by atoms with van der Waals surface area (Å²) >= 11 is 0. The third-order valence-corrected chi connectivity index (χ3v) is 5.67. The minimum Gasteiger partial charge on any atom is -0.460 e. The summed E-state index contributed by atoms with van der Waals surface area (Å²) in [6.45, 7) is 9.03. The van der Waals surface area contributed by atoms with Gasteiger partial charge in [0.2, 0.25) is 0 Å². The fourth-order valence-electron chi connectivity index (χ4n) is 3.68. The number of aryl methyl sites for hydroxylation is 1. The van der Waals surface area contributed by atoms with Crippen LogP contribution >= 0.6 is 0 Å². The molecule has 2 aromatic rings. The van der Waals surface area contributed by atoms with Gasteiger partial charge in [0.1, 0.15) is 0 Å². The average Bonchev–Trinajstić information content (AvgIpc) is 2.87. The monoisotopic (exact) mass is 478 g/mol. The summed E-state index contributed by atoms with van der Waals surface area (Å²) < 4.78 is 10.5. The summed E-state index contributed by atoms with van der Waals surface area (Å²) in [6, 6.07) is 8.15. The number of nitrogens with zero attached hydrogens (tertiary/aromatic N) is 2. The molecule has 0 bridgehead atoms. The average molecular weight is 479 g/mol. The summed E-state index contributed by atoms with van der Waals surface area (Å²) in [6.07, 6.45) is 16.7. The van der Waals surface area contributed by atoms with Crippen LogP contribution in [0.4, 0.5) is 0 Å². The summed E-state index contributed by atoms with van der Waals surface area (Å²) in [5, 5.41) is 0. The number of benzene rings is 1. The van der Waals surface area contributed by atoms with E-state index in [-0.39, 0.29) is 18.0 Å². The number of unbranched alkanes of at least 4 members (excludes halogenated alkanes) is 6. The molecule has 1 aromatic carbocycles. The van der Waals surface area contributed by atoms with Gasteiger partial charge in [0.15, 0.2) is 11.6 Å². The third kappa shape index (κ3) is 11.6. The molecule has 1 unspecified atom stereocenters. The van der Waals surface area contributed by atoms with Crippen molar-refractivity contribution in [2.45, 2.75) is 83.7 Å². The highest BCUT2D eigenvalue weighted by molar-refractivity contribution is 5.81. The summed E-state index contributed by atoms with van der Waals surface area (Å²) in [7, 11) is 0. The van der Waals surface area contributed by atoms with Crippen molar-refractivity contribution in [3.8, 4) is 17.1 Å². The van der Waals surface area contributed by atoms with Crippen LogP contribution in [-0.2, 0) is 20.7 Å². The molecule has 6 nitrogen and oxygen atoms in total. The van der Waals surface area contributed by atoms with Crippen LogP contribution in [0.1, 0.15) is 76.7 Å². The van der Waals surface area contributed by atoms with E-state index in [2.05, 4.69) is 35.3 Å². The van der Waals surface area contributed by atoms with E-state index in [1.54, 1.807) is 12.4 Å². The van der Waals surface area contributed by atoms with Crippen molar-refractivity contribution in [1.29, 1.82) is 0 Å². The SMILES string of the molecule is C=CCCCCCCCC(=O)Oc1cnc(-c2ccc(CCCCC(C)OC(=O)C=C)cc2)nc1. The fraction of sp³-hybridized carbons (Fsp3) is 0.448. The van der Waals surface area contributed by atoms with Crippen molar-refractivity contribution in [3.63, 3.8) is 0 Å². The number of allylic oxidation sites excluding steroid dienone is 1. The molecule has 1 heterocycles. The Morgan fingerprint density at radius 1 is 0.943 bits per heavy atom. The van der Waals surface area contributed by atoms with Crippen LogP contribution in [0, 0.1) is 0 Å². The van der Waals surface area contributed by atoms with E-state index in [4.69, 9.17) is 9.47 Å². The fourth-order valence-corrected chi connectivity index (χ4v) is 3.68. The first kappa shape index (κ1) is 28.0. The van der Waals surface area contributed by atoms with Crippen LogP contribution in [-0.4, -0.2) is 28.0 Å². The Balaban J connectivity index is 1.69. The van der Waals surface area contributed by atoms with Gasteiger partial charge in [0.25, 0.3) is 0 Å². The van der Waals surface area contributed by atoms with Crippen LogP contribution in [0.3, 0.4) is 0 Å². The topological polar surface area (TPSA) is 78.4 Å². The maximum Gasteiger partial charge on any atom is 0.330 e. The van der Waals surface area contributed by atoms with Crippen molar-refractivity contribution in [3.05, 3.63) is 67.5 Å². The first-order valence-electron chi connectivity index (χ1n) is 12.6. The standard InChI is InChI=1S/C29H38N2O4/c1-4-6-7-8-9-10-11-16-28(33)35-26-21-30-29(31-22-26)25-19-17-24(18-20-25)15-13-12-14-23(3)34-27(32)5-2/h4-5,17-23H,1-2,6-16H2,3H3. The van der Waals surface area contributed by atoms with Gasteiger partial charge in [-0.2, -0.15) is 0 Å². The van der Waals surface area contributed by atoms with Crippen LogP contribution in [0.2, 0.25) is 0 Å². The molecule has 6 heteroatoms. The molecule has 188 valence electrons. The van der Waals surface area contributed by atoms with Crippen LogP contribution in [0.5, 0.6) is 5.75 Å². The second kappa shape index (κ2) is 16.4. The first-order chi connectivity index (χ1) is 17.0. The molecule has 0 spiro atoms. The molecule has 0 aliphatic carbocycles. The molecule has 1 atom stereocenters. The number of carbonyl (C=O) groups is 2. The zero-order valence-electron chi connectivity index (χ0n) is 20.9. The van der Waals surface area contributed by atoms with Crippen molar-refractivity contribution in [2.75, 3.05) is 0 Å². The smallest absolute Gasteiger partial charge is 0.330 e. The molecule has 2 rings (SSSR count). The van der Waals surface area contributed by atoms with Gasteiger partial charge in [0, 0.05) is 18.1 Å². The van der Waals surface area contributed by atoms with Crippen molar-refractivity contribution in [2.24, 2.45) is 0 Å². The van der Waals surface area contributed by atoms with Crippen LogP contribution < -0.4 is 4.74 Å². The number of hydrogen-bond acceptors (Lipinski definition) is 6. The van der Waals surface area contributed by atoms with Gasteiger partial charge in [0.05, 0.1) is 18.5 Å². The summed E-state index contributed by atoms with van der Waals surface area (Å²) in [5.41, 5.74) is 2.14. The molecule has 0 amide bonds. The van der Waals surface area contributed by atoms with E-state index < -0.39 is 0 Å². The van der Waals surface area contributed by atoms with E-state index in [1.807, 2.05) is 25.1 Å². The number of ether oxygens (including phenoxy) is 2. The van der Waals surface area contributed by atoms with Gasteiger partial charge < -0.3 is 9.47 Å². The number of aromatic nitrogens is 2. The Morgan fingerprint density at radius 3 is 2.31 bits per heavy atom. The molecule has 0 saturated heterocycles. The van der Waals surface area contributed by atoms with Gasteiger partial charge in [-0.05, 0) is 57.4 Å². The first-order valence-corrected chi connectivity index (χ1v) is 12.6. The van der Waals surface area contributed by atoms with E-state index in [9.17, 15) is 9.59 Å². The third-order valence-electron chi connectivity index (χ3n) is 5.67. The molecule has 1 aromatic heterocycles. The lowest BCUT2D eigenvalue weighted by Crippen LogP contribution is -2.12.